The van der Waals surface area contributed by atoms with Crippen LogP contribution < -0.4 is 5.32 Å². The molecule has 1 aliphatic rings. The fraction of sp³-hybridized carbons (Fsp3) is 0.923. The van der Waals surface area contributed by atoms with Crippen molar-refractivity contribution in [1.29, 1.82) is 0 Å². The van der Waals surface area contributed by atoms with E-state index in [0.717, 1.165) is 6.42 Å². The molecule has 0 aromatic rings. The number of rotatable bonds is 6. The second kappa shape index (κ2) is 6.36. The Morgan fingerprint density at radius 3 is 2.47 bits per heavy atom. The molecule has 0 spiro atoms. The van der Waals surface area contributed by atoms with Gasteiger partial charge in [-0.3, -0.25) is 10.1 Å². The molecule has 1 aliphatic heterocycles. The number of ether oxygens (including phenoxy) is 1. The highest BCUT2D eigenvalue weighted by Crippen LogP contribution is 2.19. The summed E-state index contributed by atoms with van der Waals surface area (Å²) in [6.45, 7) is 11.7. The highest BCUT2D eigenvalue weighted by atomic mass is 16.5. The summed E-state index contributed by atoms with van der Waals surface area (Å²) in [5.41, 5.74) is 0. The van der Waals surface area contributed by atoms with Gasteiger partial charge in [-0.05, 0) is 26.2 Å². The normalized spacial score (nSPS) is 26.9. The monoisotopic (exact) mass is 242 g/mol. The summed E-state index contributed by atoms with van der Waals surface area (Å²) in [5.74, 6) is 0.641. The Kier molecular flexibility index (Phi) is 5.40. The van der Waals surface area contributed by atoms with Crippen molar-refractivity contribution in [2.24, 2.45) is 5.92 Å². The lowest BCUT2D eigenvalue weighted by Gasteiger charge is -2.29. The third-order valence-corrected chi connectivity index (χ3v) is 3.23. The zero-order chi connectivity index (χ0) is 13.0. The van der Waals surface area contributed by atoms with E-state index in [1.807, 2.05) is 25.7 Å². The zero-order valence-electron chi connectivity index (χ0n) is 11.7. The van der Waals surface area contributed by atoms with Gasteiger partial charge in [-0.25, -0.2) is 0 Å². The molecule has 0 bridgehead atoms. The lowest BCUT2D eigenvalue weighted by atomic mass is 10.1. The summed E-state index contributed by atoms with van der Waals surface area (Å²) in [6, 6.07) is -0.0174. The van der Waals surface area contributed by atoms with E-state index in [4.69, 9.17) is 4.74 Å². The molecule has 3 atom stereocenters. The molecule has 100 valence electrons. The number of hydrogen-bond acceptors (Lipinski definition) is 3. The molecule has 4 heteroatoms. The molecule has 1 fully saturated rings. The highest BCUT2D eigenvalue weighted by molar-refractivity contribution is 5.84. The molecule has 3 unspecified atom stereocenters. The summed E-state index contributed by atoms with van der Waals surface area (Å²) in [4.78, 5) is 14.1. The lowest BCUT2D eigenvalue weighted by Crippen LogP contribution is -2.44. The molecule has 1 rings (SSSR count). The van der Waals surface area contributed by atoms with Gasteiger partial charge in [-0.15, -0.1) is 0 Å². The zero-order valence-corrected chi connectivity index (χ0v) is 11.7. The fourth-order valence-corrected chi connectivity index (χ4v) is 2.37. The van der Waals surface area contributed by atoms with Gasteiger partial charge in [-0.1, -0.05) is 20.8 Å². The van der Waals surface area contributed by atoms with Gasteiger partial charge in [0.1, 0.15) is 0 Å². The largest absolute Gasteiger partial charge is 0.377 e. The van der Waals surface area contributed by atoms with Crippen LogP contribution in [0.25, 0.3) is 0 Å². The average molecular weight is 242 g/mol. The summed E-state index contributed by atoms with van der Waals surface area (Å²) in [6.07, 6.45) is 1.10. The summed E-state index contributed by atoms with van der Waals surface area (Å²) < 4.78 is 5.53. The van der Waals surface area contributed by atoms with Crippen LogP contribution in [-0.4, -0.2) is 42.3 Å². The maximum atomic E-state index is 12.2. The van der Waals surface area contributed by atoms with Crippen LogP contribution in [0, 0.1) is 5.92 Å². The van der Waals surface area contributed by atoms with E-state index in [2.05, 4.69) is 19.2 Å². The molecule has 0 radical (unpaired) electrons. The Morgan fingerprint density at radius 2 is 2.00 bits per heavy atom. The number of nitrogens with one attached hydrogen (secondary N) is 1. The quantitative estimate of drug-likeness (QED) is 0.769. The van der Waals surface area contributed by atoms with Gasteiger partial charge in [0.2, 0.25) is 5.91 Å². The van der Waals surface area contributed by atoms with Crippen molar-refractivity contribution >= 4 is 5.91 Å². The van der Waals surface area contributed by atoms with Gasteiger partial charge >= 0.3 is 0 Å². The Bertz CT molecular complexity index is 256. The predicted molar refractivity (Wildman–Crippen MR) is 68.6 cm³/mol. The van der Waals surface area contributed by atoms with Gasteiger partial charge < -0.3 is 9.64 Å². The molecule has 1 heterocycles. The summed E-state index contributed by atoms with van der Waals surface area (Å²) in [7, 11) is 0. The van der Waals surface area contributed by atoms with Crippen molar-refractivity contribution < 1.29 is 9.53 Å². The van der Waals surface area contributed by atoms with Crippen LogP contribution in [0.5, 0.6) is 0 Å². The second-order valence-electron chi connectivity index (χ2n) is 5.07. The predicted octanol–water partition coefficient (Wildman–Crippen LogP) is 1.60. The SMILES string of the molecule is CCOC(C)CN1C(=O)C(CC)NC1C(C)C. The third-order valence-electron chi connectivity index (χ3n) is 3.23. The molecule has 0 aliphatic carbocycles. The summed E-state index contributed by atoms with van der Waals surface area (Å²) in [5, 5.41) is 3.41. The lowest BCUT2D eigenvalue weighted by molar-refractivity contribution is -0.132. The summed E-state index contributed by atoms with van der Waals surface area (Å²) >= 11 is 0. The van der Waals surface area contributed by atoms with E-state index < -0.39 is 0 Å². The Balaban J connectivity index is 2.68. The first-order valence-electron chi connectivity index (χ1n) is 6.69. The van der Waals surface area contributed by atoms with Gasteiger partial charge in [-0.2, -0.15) is 0 Å². The van der Waals surface area contributed by atoms with E-state index in [-0.39, 0.29) is 24.2 Å². The molecule has 4 nitrogen and oxygen atoms in total. The molecular weight excluding hydrogens is 216 g/mol. The van der Waals surface area contributed by atoms with Crippen LogP contribution in [-0.2, 0) is 9.53 Å². The maximum Gasteiger partial charge on any atom is 0.241 e. The van der Waals surface area contributed by atoms with Crippen molar-refractivity contribution in [3.63, 3.8) is 0 Å². The average Bonchev–Trinajstić information content (AvgIpc) is 2.57. The van der Waals surface area contributed by atoms with E-state index in [9.17, 15) is 4.79 Å². The van der Waals surface area contributed by atoms with E-state index in [1.54, 1.807) is 0 Å². The van der Waals surface area contributed by atoms with Gasteiger partial charge in [0.15, 0.2) is 0 Å². The number of nitrogens with zero attached hydrogens (tertiary/aromatic N) is 1. The minimum absolute atomic E-state index is 0.0174. The molecule has 1 N–H and O–H groups in total. The maximum absolute atomic E-state index is 12.2. The first kappa shape index (κ1) is 14.5. The molecular formula is C13H26N2O2. The van der Waals surface area contributed by atoms with Gasteiger partial charge in [0.25, 0.3) is 0 Å². The van der Waals surface area contributed by atoms with Gasteiger partial charge in [0, 0.05) is 13.2 Å². The van der Waals surface area contributed by atoms with Crippen LogP contribution in [0.2, 0.25) is 0 Å². The van der Waals surface area contributed by atoms with Crippen molar-refractivity contribution in [2.45, 2.75) is 59.4 Å². The standard InChI is InChI=1S/C13H26N2O2/c1-6-11-13(16)15(8-10(5)17-7-2)12(14-11)9(3)4/h9-12,14H,6-8H2,1-5H3. The van der Waals surface area contributed by atoms with Crippen LogP contribution in [0.4, 0.5) is 0 Å². The van der Waals surface area contributed by atoms with Crippen LogP contribution >= 0.6 is 0 Å². The molecule has 0 aromatic heterocycles. The Hall–Kier alpha value is -0.610. The second-order valence-corrected chi connectivity index (χ2v) is 5.07. The van der Waals surface area contributed by atoms with Crippen LogP contribution in [0.3, 0.4) is 0 Å². The van der Waals surface area contributed by atoms with Crippen LogP contribution in [0.15, 0.2) is 0 Å². The first-order chi connectivity index (χ1) is 8.01. The topological polar surface area (TPSA) is 41.6 Å². The first-order valence-corrected chi connectivity index (χ1v) is 6.69. The molecule has 1 amide bonds. The van der Waals surface area contributed by atoms with Crippen molar-refractivity contribution in [3.05, 3.63) is 0 Å². The van der Waals surface area contributed by atoms with Gasteiger partial charge in [0.05, 0.1) is 18.3 Å². The number of carbonyl (C=O) groups excluding carboxylic acids is 1. The van der Waals surface area contributed by atoms with Crippen molar-refractivity contribution in [1.82, 2.24) is 10.2 Å². The van der Waals surface area contributed by atoms with Crippen molar-refractivity contribution in [2.75, 3.05) is 13.2 Å². The molecule has 1 saturated heterocycles. The van der Waals surface area contributed by atoms with E-state index in [0.29, 0.717) is 19.1 Å². The van der Waals surface area contributed by atoms with Crippen molar-refractivity contribution in [3.8, 4) is 0 Å². The Morgan fingerprint density at radius 1 is 1.35 bits per heavy atom. The Labute approximate surface area is 105 Å². The van der Waals surface area contributed by atoms with E-state index in [1.165, 1.54) is 0 Å². The molecule has 0 aromatic carbocycles. The number of hydrogen-bond donors (Lipinski definition) is 1. The highest BCUT2D eigenvalue weighted by Gasteiger charge is 2.39. The smallest absolute Gasteiger partial charge is 0.241 e. The minimum Gasteiger partial charge on any atom is -0.377 e. The van der Waals surface area contributed by atoms with E-state index >= 15 is 0 Å². The molecule has 0 saturated carbocycles. The molecule has 17 heavy (non-hydrogen) atoms. The number of carbonyl (C=O) groups is 1. The van der Waals surface area contributed by atoms with Crippen LogP contribution in [0.1, 0.15) is 41.0 Å². The minimum atomic E-state index is -0.0174. The third kappa shape index (κ3) is 3.42. The fourth-order valence-electron chi connectivity index (χ4n) is 2.37. The number of amides is 1.